The fraction of sp³-hybridized carbons (Fsp3) is 0.805. The van der Waals surface area contributed by atoms with Crippen LogP contribution < -0.4 is 69.0 Å². The van der Waals surface area contributed by atoms with Crippen LogP contribution in [0.1, 0.15) is 181 Å². The summed E-state index contributed by atoms with van der Waals surface area (Å²) in [5, 5.41) is 0. The van der Waals surface area contributed by atoms with Crippen LogP contribution in [0, 0.1) is 13.3 Å². The molecule has 7 aliphatic rings. The molecular weight excluding hydrogens is 606 g/mol. The van der Waals surface area contributed by atoms with Crippen LogP contribution in [-0.4, -0.2) is 12.8 Å². The fourth-order valence-corrected chi connectivity index (χ4v) is 8.67. The third-order valence-electron chi connectivity index (χ3n) is 11.3. The van der Waals surface area contributed by atoms with Gasteiger partial charge in [-0.05, 0) is 36.7 Å². The predicted octanol–water partition coefficient (Wildman–Crippen LogP) is 3.12. The Labute approximate surface area is 350 Å². The van der Waals surface area contributed by atoms with E-state index in [-0.39, 0.29) is 76.4 Å². The van der Waals surface area contributed by atoms with E-state index in [2.05, 4.69) is 40.0 Å². The van der Waals surface area contributed by atoms with Gasteiger partial charge in [-0.25, -0.2) is 18.6 Å². The van der Waals surface area contributed by atoms with Crippen molar-refractivity contribution in [3.05, 3.63) is 49.8 Å². The van der Waals surface area contributed by atoms with Crippen LogP contribution in [-0.2, 0) is 0 Å². The van der Waals surface area contributed by atoms with Crippen molar-refractivity contribution in [3.63, 3.8) is 0 Å². The van der Waals surface area contributed by atoms with E-state index in [0.29, 0.717) is 6.13 Å². The summed E-state index contributed by atoms with van der Waals surface area (Å²) >= 11 is 6.64. The van der Waals surface area contributed by atoms with Crippen molar-refractivity contribution >= 4 is 24.3 Å². The van der Waals surface area contributed by atoms with Gasteiger partial charge in [-0.1, -0.05) is 179 Å². The second-order valence-corrected chi connectivity index (χ2v) is 15.8. The summed E-state index contributed by atoms with van der Waals surface area (Å²) in [6, 6.07) is 0. The Kier molecular flexibility index (Phi) is 36.0. The summed E-state index contributed by atoms with van der Waals surface area (Å²) in [6.45, 7) is 18.3. The number of rotatable bonds is 6. The summed E-state index contributed by atoms with van der Waals surface area (Å²) in [4.78, 5) is 0. The predicted molar refractivity (Wildman–Crippen MR) is 206 cm³/mol. The van der Waals surface area contributed by atoms with Gasteiger partial charge in [-0.2, -0.15) is 17.9 Å². The van der Waals surface area contributed by atoms with Crippen LogP contribution >= 0.6 is 11.5 Å². The largest absolute Gasteiger partial charge is 1.00 e. The molecule has 1 atom stereocenters. The molecular formula is C41H73B2Cl2Li3. The molecule has 0 heterocycles. The van der Waals surface area contributed by atoms with Gasteiger partial charge >= 0.3 is 56.6 Å². The van der Waals surface area contributed by atoms with E-state index in [1.165, 1.54) is 172 Å². The standard InChI is InChI=1S/C16H27B.C12H22BCl.C4H6.C4H5.C4H9.CH4.ClH.3Li/c1-13-12-16(13)17(14-8-4-2-5-9-14)15-10-6-3-7-11-15;14-13(11-7-3-1-4-8-11)12-9-5-2-6-10-12;2*1-4-2-3-4;1-3-4-2;;;;;/h14-16H,1-12H2;11-12H,1-10H2;1-3H2;2H,1,3H2;1,3-4H2,2H3;1H4;1H;;;/q;;;2*-1;;;3*+1/p-1. The maximum absolute atomic E-state index is 6.64. The molecule has 0 aromatic heterocycles. The molecule has 0 bridgehead atoms. The van der Waals surface area contributed by atoms with Crippen molar-refractivity contribution in [2.45, 2.75) is 210 Å². The van der Waals surface area contributed by atoms with Crippen molar-refractivity contribution in [1.82, 2.24) is 0 Å². The normalized spacial score (nSPS) is 22.9. The van der Waals surface area contributed by atoms with E-state index < -0.39 is 0 Å². The molecule has 7 fully saturated rings. The number of hydrogen-bond acceptors (Lipinski definition) is 0. The molecule has 0 aromatic rings. The van der Waals surface area contributed by atoms with Gasteiger partial charge in [0.05, 0.1) is 0 Å². The van der Waals surface area contributed by atoms with E-state index >= 15 is 0 Å². The third kappa shape index (κ3) is 23.3. The maximum atomic E-state index is 6.64. The third-order valence-corrected chi connectivity index (χ3v) is 12.1. The minimum atomic E-state index is 0. The Morgan fingerprint density at radius 1 is 0.667 bits per heavy atom. The molecule has 0 saturated heterocycles. The van der Waals surface area contributed by atoms with Gasteiger partial charge in [0, 0.05) is 0 Å². The Bertz CT molecular complexity index is 736. The molecule has 7 heteroatoms. The van der Waals surface area contributed by atoms with Gasteiger partial charge in [0.15, 0.2) is 6.71 Å². The molecule has 0 spiro atoms. The molecule has 0 aliphatic heterocycles. The van der Waals surface area contributed by atoms with Crippen LogP contribution in [0.3, 0.4) is 0 Å². The average molecular weight is 679 g/mol. The van der Waals surface area contributed by atoms with E-state index in [4.69, 9.17) is 11.5 Å². The van der Waals surface area contributed by atoms with E-state index in [9.17, 15) is 0 Å². The van der Waals surface area contributed by atoms with Crippen LogP contribution in [0.5, 0.6) is 0 Å². The molecule has 7 saturated carbocycles. The number of allylic oxidation sites excluding steroid dienone is 3. The van der Waals surface area contributed by atoms with E-state index in [0.717, 1.165) is 42.2 Å². The minimum Gasteiger partial charge on any atom is -1.00 e. The Hall–Kier alpha value is 1.59. The maximum Gasteiger partial charge on any atom is 1.00 e. The van der Waals surface area contributed by atoms with Crippen molar-refractivity contribution < 1.29 is 69.0 Å². The summed E-state index contributed by atoms with van der Waals surface area (Å²) < 4.78 is 0. The summed E-state index contributed by atoms with van der Waals surface area (Å²) in [5.41, 5.74) is 4.30. The van der Waals surface area contributed by atoms with Gasteiger partial charge in [-0.3, -0.25) is 0 Å². The fourth-order valence-electron chi connectivity index (χ4n) is 8.16. The molecule has 1 unspecified atom stereocenters. The first kappa shape index (κ1) is 53.9. The smallest absolute Gasteiger partial charge is 1.00 e. The van der Waals surface area contributed by atoms with E-state index in [1.54, 1.807) is 5.57 Å². The van der Waals surface area contributed by atoms with Gasteiger partial charge in [0.2, 0.25) is 0 Å². The molecule has 0 nitrogen and oxygen atoms in total. The Balaban J connectivity index is -0.000000587. The second-order valence-electron chi connectivity index (χ2n) is 15.3. The minimum absolute atomic E-state index is 0. The molecule has 0 radical (unpaired) electrons. The Morgan fingerprint density at radius 2 is 0.917 bits per heavy atom. The molecule has 48 heavy (non-hydrogen) atoms. The van der Waals surface area contributed by atoms with Crippen LogP contribution in [0.2, 0.25) is 29.1 Å². The van der Waals surface area contributed by atoms with Crippen LogP contribution in [0.25, 0.3) is 0 Å². The summed E-state index contributed by atoms with van der Waals surface area (Å²) in [6.07, 6.45) is 39.4. The molecule has 260 valence electrons. The molecule has 0 N–H and O–H groups in total. The topological polar surface area (TPSA) is 0 Å². The van der Waals surface area contributed by atoms with Crippen molar-refractivity contribution in [2.24, 2.45) is 0 Å². The van der Waals surface area contributed by atoms with Crippen molar-refractivity contribution in [1.29, 1.82) is 0 Å². The average Bonchev–Trinajstić information content (AvgIpc) is 4.01. The first-order valence-corrected chi connectivity index (χ1v) is 19.7. The number of unbranched alkanes of at least 4 members (excludes halogenated alkanes) is 1. The quantitative estimate of drug-likeness (QED) is 0.230. The zero-order valence-corrected chi connectivity index (χ0v) is 33.6. The van der Waals surface area contributed by atoms with Crippen LogP contribution in [0.4, 0.5) is 0 Å². The monoisotopic (exact) mass is 679 g/mol. The Morgan fingerprint density at radius 3 is 1.10 bits per heavy atom. The number of hydrogen-bond donors (Lipinski definition) is 0. The number of halogens is 2. The van der Waals surface area contributed by atoms with Gasteiger partial charge in [-0.15, -0.1) is 13.0 Å². The van der Waals surface area contributed by atoms with E-state index in [1.807, 2.05) is 0 Å². The summed E-state index contributed by atoms with van der Waals surface area (Å²) in [5.74, 6) is 4.79. The zero-order valence-electron chi connectivity index (χ0n) is 32.1. The molecule has 0 amide bonds. The molecule has 0 aromatic carbocycles. The second kappa shape index (κ2) is 32.1. The summed E-state index contributed by atoms with van der Waals surface area (Å²) in [7, 11) is 0. The zero-order chi connectivity index (χ0) is 30.9. The van der Waals surface area contributed by atoms with Gasteiger partial charge < -0.3 is 19.3 Å². The van der Waals surface area contributed by atoms with Crippen molar-refractivity contribution in [3.8, 4) is 0 Å². The van der Waals surface area contributed by atoms with Crippen LogP contribution in [0.15, 0.2) is 36.5 Å². The van der Waals surface area contributed by atoms with Gasteiger partial charge in [0.25, 0.3) is 6.13 Å². The SMILES string of the molecule is C.C=C1CC1.C=C1CC1B(C1CCCCC1)C1CCCCC1.C=C1[CH-]C1.ClB(C1CCCCC1)C1CCCCC1.[CH2-]CCC.[Cl-].[Li+].[Li+].[Li+]. The molecule has 7 rings (SSSR count). The van der Waals surface area contributed by atoms with Gasteiger partial charge in [0.1, 0.15) is 0 Å². The first-order valence-electron chi connectivity index (χ1n) is 19.2. The molecule has 7 aliphatic carbocycles. The van der Waals surface area contributed by atoms with Crippen molar-refractivity contribution in [2.75, 3.05) is 0 Å². The first-order chi connectivity index (χ1) is 20.9.